The quantitative estimate of drug-likeness (QED) is 0.641. The van der Waals surface area contributed by atoms with E-state index in [1.165, 1.54) is 12.7 Å². The zero-order valence-corrected chi connectivity index (χ0v) is 12.7. The van der Waals surface area contributed by atoms with Gasteiger partial charge in [-0.15, -0.1) is 0 Å². The molecule has 1 aliphatic heterocycles. The van der Waals surface area contributed by atoms with E-state index in [2.05, 4.69) is 22.2 Å². The van der Waals surface area contributed by atoms with Crippen LogP contribution in [0.3, 0.4) is 0 Å². The Morgan fingerprint density at radius 2 is 2.10 bits per heavy atom. The lowest BCUT2D eigenvalue weighted by Gasteiger charge is -2.32. The van der Waals surface area contributed by atoms with Gasteiger partial charge in [-0.1, -0.05) is 20.3 Å². The van der Waals surface area contributed by atoms with E-state index in [0.717, 1.165) is 38.3 Å². The molecule has 7 nitrogen and oxygen atoms in total. The van der Waals surface area contributed by atoms with Crippen molar-refractivity contribution >= 4 is 17.3 Å². The van der Waals surface area contributed by atoms with E-state index in [-0.39, 0.29) is 10.6 Å². The molecule has 1 aliphatic rings. The number of hydrogen-bond donors (Lipinski definition) is 1. The Kier molecular flexibility index (Phi) is 5.30. The van der Waals surface area contributed by atoms with Crippen LogP contribution in [0.4, 0.5) is 17.3 Å². The van der Waals surface area contributed by atoms with Gasteiger partial charge in [-0.25, -0.2) is 9.97 Å². The maximum Gasteiger partial charge on any atom is 0.353 e. The Morgan fingerprint density at radius 3 is 2.67 bits per heavy atom. The van der Waals surface area contributed by atoms with E-state index in [9.17, 15) is 10.1 Å². The molecular formula is C14H23N5O2. The normalized spacial score (nSPS) is 16.0. The highest BCUT2D eigenvalue weighted by atomic mass is 16.6. The highest BCUT2D eigenvalue weighted by Crippen LogP contribution is 2.34. The zero-order valence-electron chi connectivity index (χ0n) is 12.7. The minimum atomic E-state index is -0.376. The molecule has 0 radical (unpaired) electrons. The Bertz CT molecular complexity index is 486. The lowest BCUT2D eigenvalue weighted by Crippen LogP contribution is -2.34. The zero-order chi connectivity index (χ0) is 15.2. The molecule has 1 aromatic rings. The van der Waals surface area contributed by atoms with Gasteiger partial charge in [0.25, 0.3) is 0 Å². The molecule has 0 bridgehead atoms. The van der Waals surface area contributed by atoms with Crippen molar-refractivity contribution in [1.82, 2.24) is 9.97 Å². The highest BCUT2D eigenvalue weighted by Gasteiger charge is 2.29. The average Bonchev–Trinajstić information content (AvgIpc) is 2.52. The standard InChI is InChI=1S/C14H23N5O2/c1-3-7-15-13-12(19(20)21)14(17-10-16-13)18-8-5-11(4-2)6-9-18/h10-11H,3-9H2,1-2H3,(H,15,16,17). The molecule has 1 aromatic heterocycles. The van der Waals surface area contributed by atoms with Gasteiger partial charge in [0.05, 0.1) is 4.92 Å². The van der Waals surface area contributed by atoms with Crippen molar-refractivity contribution in [2.75, 3.05) is 29.9 Å². The summed E-state index contributed by atoms with van der Waals surface area (Å²) in [5.41, 5.74) is 0.000832. The summed E-state index contributed by atoms with van der Waals surface area (Å²) in [5.74, 6) is 1.49. The molecule has 0 amide bonds. The highest BCUT2D eigenvalue weighted by molar-refractivity contribution is 5.70. The Balaban J connectivity index is 2.24. The molecule has 0 aromatic carbocycles. The summed E-state index contributed by atoms with van der Waals surface area (Å²) in [7, 11) is 0. The van der Waals surface area contributed by atoms with Crippen LogP contribution in [-0.2, 0) is 0 Å². The molecule has 1 fully saturated rings. The van der Waals surface area contributed by atoms with Crippen LogP contribution >= 0.6 is 0 Å². The third-order valence-corrected chi connectivity index (χ3v) is 4.02. The minimum Gasteiger partial charge on any atom is -0.364 e. The fourth-order valence-electron chi connectivity index (χ4n) is 2.69. The molecule has 116 valence electrons. The second kappa shape index (κ2) is 7.19. The van der Waals surface area contributed by atoms with Gasteiger partial charge in [0.1, 0.15) is 6.33 Å². The summed E-state index contributed by atoms with van der Waals surface area (Å²) >= 11 is 0. The van der Waals surface area contributed by atoms with E-state index in [0.29, 0.717) is 18.2 Å². The van der Waals surface area contributed by atoms with Crippen molar-refractivity contribution in [3.8, 4) is 0 Å². The number of anilines is 2. The van der Waals surface area contributed by atoms with Crippen molar-refractivity contribution in [2.45, 2.75) is 39.5 Å². The Labute approximate surface area is 124 Å². The van der Waals surface area contributed by atoms with Crippen molar-refractivity contribution in [3.05, 3.63) is 16.4 Å². The van der Waals surface area contributed by atoms with Gasteiger partial charge in [0.2, 0.25) is 11.6 Å². The molecular weight excluding hydrogens is 270 g/mol. The van der Waals surface area contributed by atoms with Crippen LogP contribution in [0.1, 0.15) is 39.5 Å². The second-order valence-electron chi connectivity index (χ2n) is 5.42. The Hall–Kier alpha value is -1.92. The first-order chi connectivity index (χ1) is 10.2. The van der Waals surface area contributed by atoms with E-state index < -0.39 is 0 Å². The number of hydrogen-bond acceptors (Lipinski definition) is 6. The molecule has 0 unspecified atom stereocenters. The predicted octanol–water partition coefficient (Wildman–Crippen LogP) is 2.83. The van der Waals surface area contributed by atoms with Crippen molar-refractivity contribution < 1.29 is 4.92 Å². The third kappa shape index (κ3) is 3.59. The van der Waals surface area contributed by atoms with Gasteiger partial charge >= 0.3 is 5.69 Å². The molecule has 1 saturated heterocycles. The first-order valence-electron chi connectivity index (χ1n) is 7.65. The van der Waals surface area contributed by atoms with Crippen molar-refractivity contribution in [2.24, 2.45) is 5.92 Å². The number of piperidine rings is 1. The van der Waals surface area contributed by atoms with E-state index in [4.69, 9.17) is 0 Å². The van der Waals surface area contributed by atoms with E-state index >= 15 is 0 Å². The molecule has 7 heteroatoms. The lowest BCUT2D eigenvalue weighted by atomic mass is 9.94. The van der Waals surface area contributed by atoms with Gasteiger partial charge in [-0.3, -0.25) is 10.1 Å². The van der Waals surface area contributed by atoms with Crippen LogP contribution < -0.4 is 10.2 Å². The van der Waals surface area contributed by atoms with Gasteiger partial charge in [-0.05, 0) is 25.2 Å². The summed E-state index contributed by atoms with van der Waals surface area (Å²) in [6.07, 6.45) is 5.60. The van der Waals surface area contributed by atoms with Gasteiger partial charge in [0.15, 0.2) is 0 Å². The van der Waals surface area contributed by atoms with Crippen LogP contribution in [0, 0.1) is 16.0 Å². The predicted molar refractivity (Wildman–Crippen MR) is 82.7 cm³/mol. The molecule has 2 rings (SSSR count). The fourth-order valence-corrected chi connectivity index (χ4v) is 2.69. The largest absolute Gasteiger partial charge is 0.364 e. The van der Waals surface area contributed by atoms with Crippen molar-refractivity contribution in [1.29, 1.82) is 0 Å². The Morgan fingerprint density at radius 1 is 1.38 bits per heavy atom. The summed E-state index contributed by atoms with van der Waals surface area (Å²) in [4.78, 5) is 21.3. The van der Waals surface area contributed by atoms with Gasteiger partial charge < -0.3 is 10.2 Å². The smallest absolute Gasteiger partial charge is 0.353 e. The van der Waals surface area contributed by atoms with Crippen LogP contribution in [0.5, 0.6) is 0 Å². The first-order valence-corrected chi connectivity index (χ1v) is 7.65. The monoisotopic (exact) mass is 293 g/mol. The SMILES string of the molecule is CCCNc1ncnc(N2CCC(CC)CC2)c1[N+](=O)[O-]. The van der Waals surface area contributed by atoms with Crippen LogP contribution in [0.25, 0.3) is 0 Å². The number of aromatic nitrogens is 2. The first kappa shape index (κ1) is 15.5. The molecule has 1 N–H and O–H groups in total. The molecule has 0 atom stereocenters. The van der Waals surface area contributed by atoms with E-state index in [1.807, 2.05) is 11.8 Å². The van der Waals surface area contributed by atoms with E-state index in [1.54, 1.807) is 0 Å². The summed E-state index contributed by atoms with van der Waals surface area (Å²) in [5, 5.41) is 14.5. The number of nitro groups is 1. The summed E-state index contributed by atoms with van der Waals surface area (Å²) in [6, 6.07) is 0. The average molecular weight is 293 g/mol. The molecule has 0 aliphatic carbocycles. The number of rotatable bonds is 6. The topological polar surface area (TPSA) is 84.2 Å². The van der Waals surface area contributed by atoms with Crippen LogP contribution in [-0.4, -0.2) is 34.5 Å². The maximum absolute atomic E-state index is 11.4. The summed E-state index contributed by atoms with van der Waals surface area (Å²) < 4.78 is 0. The number of nitrogens with one attached hydrogen (secondary N) is 1. The second-order valence-corrected chi connectivity index (χ2v) is 5.42. The minimum absolute atomic E-state index is 0.000832. The van der Waals surface area contributed by atoms with Crippen LogP contribution in [0.2, 0.25) is 0 Å². The third-order valence-electron chi connectivity index (χ3n) is 4.02. The van der Waals surface area contributed by atoms with Crippen LogP contribution in [0.15, 0.2) is 6.33 Å². The summed E-state index contributed by atoms with van der Waals surface area (Å²) in [6.45, 7) is 6.51. The molecule has 21 heavy (non-hydrogen) atoms. The number of nitrogens with zero attached hydrogens (tertiary/aromatic N) is 4. The van der Waals surface area contributed by atoms with Gasteiger partial charge in [0, 0.05) is 19.6 Å². The van der Waals surface area contributed by atoms with Crippen molar-refractivity contribution in [3.63, 3.8) is 0 Å². The lowest BCUT2D eigenvalue weighted by molar-refractivity contribution is -0.383. The van der Waals surface area contributed by atoms with Gasteiger partial charge in [-0.2, -0.15) is 0 Å². The molecule has 0 saturated carbocycles. The molecule has 0 spiro atoms. The fraction of sp³-hybridized carbons (Fsp3) is 0.714. The maximum atomic E-state index is 11.4. The molecule has 2 heterocycles.